The van der Waals surface area contributed by atoms with Gasteiger partial charge in [0.15, 0.2) is 5.58 Å². The SMILES string of the molecule is CCc1cc2c(NC(C)=O)c(Cl)cc(C(=O)OC)c2o1. The Labute approximate surface area is 120 Å². The average molecular weight is 296 g/mol. The Morgan fingerprint density at radius 3 is 2.65 bits per heavy atom. The van der Waals surface area contributed by atoms with Gasteiger partial charge < -0.3 is 14.5 Å². The van der Waals surface area contributed by atoms with Crippen molar-refractivity contribution in [2.24, 2.45) is 0 Å². The van der Waals surface area contributed by atoms with Crippen molar-refractivity contribution < 1.29 is 18.7 Å². The van der Waals surface area contributed by atoms with Crippen molar-refractivity contribution >= 4 is 40.1 Å². The summed E-state index contributed by atoms with van der Waals surface area (Å²) < 4.78 is 10.4. The third kappa shape index (κ3) is 2.49. The third-order valence-corrected chi connectivity index (χ3v) is 3.16. The first-order chi connectivity index (χ1) is 9.47. The first kappa shape index (κ1) is 14.4. The van der Waals surface area contributed by atoms with Crippen molar-refractivity contribution in [1.29, 1.82) is 0 Å². The molecule has 0 aliphatic carbocycles. The molecule has 0 aliphatic heterocycles. The van der Waals surface area contributed by atoms with Crippen molar-refractivity contribution in [3.8, 4) is 0 Å². The molecular formula is C14H14ClNO4. The van der Waals surface area contributed by atoms with Gasteiger partial charge in [-0.1, -0.05) is 18.5 Å². The second kappa shape index (κ2) is 5.54. The normalized spacial score (nSPS) is 10.6. The highest BCUT2D eigenvalue weighted by Gasteiger charge is 2.21. The fourth-order valence-electron chi connectivity index (χ4n) is 1.96. The summed E-state index contributed by atoms with van der Waals surface area (Å²) in [7, 11) is 1.29. The first-order valence-corrected chi connectivity index (χ1v) is 6.46. The summed E-state index contributed by atoms with van der Waals surface area (Å²) in [5.74, 6) is -0.0967. The average Bonchev–Trinajstić information content (AvgIpc) is 2.84. The van der Waals surface area contributed by atoms with Gasteiger partial charge in [0, 0.05) is 18.7 Å². The number of nitrogens with one attached hydrogen (secondary N) is 1. The fraction of sp³-hybridized carbons (Fsp3) is 0.286. The van der Waals surface area contributed by atoms with E-state index in [2.05, 4.69) is 5.32 Å². The maximum atomic E-state index is 11.8. The van der Waals surface area contributed by atoms with E-state index >= 15 is 0 Å². The van der Waals surface area contributed by atoms with Crippen molar-refractivity contribution in [3.63, 3.8) is 0 Å². The lowest BCUT2D eigenvalue weighted by atomic mass is 10.1. The monoisotopic (exact) mass is 295 g/mol. The van der Waals surface area contributed by atoms with Crippen LogP contribution in [0, 0.1) is 0 Å². The number of benzene rings is 1. The minimum Gasteiger partial charge on any atom is -0.465 e. The number of halogens is 1. The van der Waals surface area contributed by atoms with E-state index in [-0.39, 0.29) is 16.5 Å². The number of aryl methyl sites for hydroxylation is 1. The predicted molar refractivity (Wildman–Crippen MR) is 76.2 cm³/mol. The van der Waals surface area contributed by atoms with Crippen molar-refractivity contribution in [1.82, 2.24) is 0 Å². The number of amides is 1. The Morgan fingerprint density at radius 2 is 2.10 bits per heavy atom. The quantitative estimate of drug-likeness (QED) is 0.881. The van der Waals surface area contributed by atoms with Crippen molar-refractivity contribution in [2.75, 3.05) is 12.4 Å². The minimum absolute atomic E-state index is 0.237. The Morgan fingerprint density at radius 1 is 1.40 bits per heavy atom. The minimum atomic E-state index is -0.539. The number of esters is 1. The van der Waals surface area contributed by atoms with Gasteiger partial charge in [0.2, 0.25) is 5.91 Å². The molecule has 0 atom stereocenters. The van der Waals surface area contributed by atoms with E-state index in [1.165, 1.54) is 20.1 Å². The Kier molecular flexibility index (Phi) is 3.99. The van der Waals surface area contributed by atoms with Crippen LogP contribution in [0.2, 0.25) is 5.02 Å². The van der Waals surface area contributed by atoms with Gasteiger partial charge in [-0.15, -0.1) is 0 Å². The molecule has 0 unspecified atom stereocenters. The van der Waals surface area contributed by atoms with Gasteiger partial charge in [-0.25, -0.2) is 4.79 Å². The molecule has 1 heterocycles. The summed E-state index contributed by atoms with van der Waals surface area (Å²) in [6.07, 6.45) is 0.659. The maximum absolute atomic E-state index is 11.8. The molecule has 5 nitrogen and oxygen atoms in total. The highest BCUT2D eigenvalue weighted by atomic mass is 35.5. The second-order valence-corrected chi connectivity index (χ2v) is 4.67. The van der Waals surface area contributed by atoms with E-state index in [4.69, 9.17) is 20.8 Å². The highest BCUT2D eigenvalue weighted by molar-refractivity contribution is 6.36. The van der Waals surface area contributed by atoms with Crippen LogP contribution in [0.4, 0.5) is 5.69 Å². The molecule has 0 saturated carbocycles. The number of hydrogen-bond acceptors (Lipinski definition) is 4. The van der Waals surface area contributed by atoms with Gasteiger partial charge in [-0.3, -0.25) is 4.79 Å². The summed E-state index contributed by atoms with van der Waals surface area (Å²) in [5.41, 5.74) is 1.04. The molecule has 0 saturated heterocycles. The molecular weight excluding hydrogens is 282 g/mol. The summed E-state index contributed by atoms with van der Waals surface area (Å²) in [4.78, 5) is 23.1. The number of methoxy groups -OCH3 is 1. The van der Waals surface area contributed by atoms with Gasteiger partial charge in [-0.2, -0.15) is 0 Å². The van der Waals surface area contributed by atoms with Crippen LogP contribution < -0.4 is 5.32 Å². The molecule has 20 heavy (non-hydrogen) atoms. The van der Waals surface area contributed by atoms with Gasteiger partial charge in [0.25, 0.3) is 0 Å². The molecule has 2 aromatic rings. The molecule has 6 heteroatoms. The molecule has 2 rings (SSSR count). The molecule has 1 amide bonds. The van der Waals surface area contributed by atoms with E-state index in [0.29, 0.717) is 28.8 Å². The Hall–Kier alpha value is -2.01. The van der Waals surface area contributed by atoms with E-state index in [1.807, 2.05) is 6.92 Å². The van der Waals surface area contributed by atoms with Gasteiger partial charge in [0.05, 0.1) is 17.8 Å². The number of carbonyl (C=O) groups is 2. The standard InChI is InChI=1S/C14H14ClNO4/c1-4-8-5-9-12(16-7(2)17)11(15)6-10(13(9)20-8)14(18)19-3/h5-6H,4H2,1-3H3,(H,16,17). The highest BCUT2D eigenvalue weighted by Crippen LogP contribution is 2.36. The van der Waals surface area contributed by atoms with Crippen molar-refractivity contribution in [2.45, 2.75) is 20.3 Å². The third-order valence-electron chi connectivity index (χ3n) is 2.86. The van der Waals surface area contributed by atoms with Crippen LogP contribution in [-0.2, 0) is 16.0 Å². The molecule has 1 aromatic carbocycles. The number of ether oxygens (including phenoxy) is 1. The van der Waals surface area contributed by atoms with Gasteiger partial charge in [-0.05, 0) is 12.1 Å². The smallest absolute Gasteiger partial charge is 0.341 e. The lowest BCUT2D eigenvalue weighted by Gasteiger charge is -2.08. The van der Waals surface area contributed by atoms with E-state index in [9.17, 15) is 9.59 Å². The second-order valence-electron chi connectivity index (χ2n) is 4.26. The molecule has 106 valence electrons. The summed E-state index contributed by atoms with van der Waals surface area (Å²) in [5, 5.41) is 3.50. The van der Waals surface area contributed by atoms with Gasteiger partial charge >= 0.3 is 5.97 Å². The van der Waals surface area contributed by atoms with E-state index < -0.39 is 5.97 Å². The number of hydrogen-bond donors (Lipinski definition) is 1. The zero-order valence-corrected chi connectivity index (χ0v) is 12.1. The summed E-state index contributed by atoms with van der Waals surface area (Å²) >= 11 is 6.14. The fourth-order valence-corrected chi connectivity index (χ4v) is 2.22. The van der Waals surface area contributed by atoms with Crippen LogP contribution in [0.15, 0.2) is 16.5 Å². The van der Waals surface area contributed by atoms with Crippen molar-refractivity contribution in [3.05, 3.63) is 28.5 Å². The molecule has 0 aliphatic rings. The summed E-state index contributed by atoms with van der Waals surface area (Å²) in [6.45, 7) is 3.31. The molecule has 1 N–H and O–H groups in total. The molecule has 0 fully saturated rings. The topological polar surface area (TPSA) is 68.5 Å². The summed E-state index contributed by atoms with van der Waals surface area (Å²) in [6, 6.07) is 3.20. The molecule has 0 bridgehead atoms. The van der Waals surface area contributed by atoms with Crippen LogP contribution in [0.25, 0.3) is 11.0 Å². The zero-order valence-electron chi connectivity index (χ0n) is 11.4. The molecule has 1 aromatic heterocycles. The molecule has 0 spiro atoms. The van der Waals surface area contributed by atoms with Crippen LogP contribution in [0.3, 0.4) is 0 Å². The maximum Gasteiger partial charge on any atom is 0.341 e. The Balaban J connectivity index is 2.76. The number of carbonyl (C=O) groups excluding carboxylic acids is 2. The lowest BCUT2D eigenvalue weighted by Crippen LogP contribution is -2.08. The predicted octanol–water partition coefficient (Wildman–Crippen LogP) is 3.39. The number of anilines is 1. The molecule has 0 radical (unpaired) electrons. The van der Waals surface area contributed by atoms with Crippen LogP contribution in [0.1, 0.15) is 30.0 Å². The zero-order chi connectivity index (χ0) is 14.9. The number of fused-ring (bicyclic) bond motifs is 1. The van der Waals surface area contributed by atoms with Crippen LogP contribution in [-0.4, -0.2) is 19.0 Å². The number of rotatable bonds is 3. The van der Waals surface area contributed by atoms with Crippen LogP contribution in [0.5, 0.6) is 0 Å². The number of furan rings is 1. The Bertz CT molecular complexity index is 690. The van der Waals surface area contributed by atoms with E-state index in [0.717, 1.165) is 0 Å². The lowest BCUT2D eigenvalue weighted by molar-refractivity contribution is -0.114. The van der Waals surface area contributed by atoms with Gasteiger partial charge in [0.1, 0.15) is 11.3 Å². The van der Waals surface area contributed by atoms with Crippen LogP contribution >= 0.6 is 11.6 Å². The largest absolute Gasteiger partial charge is 0.465 e. The van der Waals surface area contributed by atoms with E-state index in [1.54, 1.807) is 6.07 Å². The first-order valence-electron chi connectivity index (χ1n) is 6.08.